The first-order valence-corrected chi connectivity index (χ1v) is 10.3. The Labute approximate surface area is 188 Å². The van der Waals surface area contributed by atoms with Crippen LogP contribution in [0.3, 0.4) is 0 Å². The van der Waals surface area contributed by atoms with Gasteiger partial charge in [-0.25, -0.2) is 5.43 Å². The molecule has 0 unspecified atom stereocenters. The molecule has 154 valence electrons. The van der Waals surface area contributed by atoms with E-state index >= 15 is 0 Å². The molecule has 3 aromatic rings. The van der Waals surface area contributed by atoms with E-state index in [1.165, 1.54) is 6.21 Å². The Kier molecular flexibility index (Phi) is 7.82. The molecule has 0 saturated heterocycles. The average Bonchev–Trinajstić information content (AvgIpc) is 2.75. The number of benzene rings is 2. The average molecular weight is 489 g/mol. The fourth-order valence-electron chi connectivity index (χ4n) is 2.56. The van der Waals surface area contributed by atoms with Gasteiger partial charge in [-0.1, -0.05) is 29.8 Å². The summed E-state index contributed by atoms with van der Waals surface area (Å²) in [4.78, 5) is 15.9. The predicted molar refractivity (Wildman–Crippen MR) is 120 cm³/mol. The number of ether oxygens (including phenoxy) is 2. The summed E-state index contributed by atoms with van der Waals surface area (Å²) in [6.45, 7) is 2.66. The zero-order valence-corrected chi connectivity index (χ0v) is 18.5. The van der Waals surface area contributed by atoms with Gasteiger partial charge in [0.05, 0.1) is 17.3 Å². The number of hydrazone groups is 1. The minimum Gasteiger partial charge on any atom is -0.490 e. The van der Waals surface area contributed by atoms with Gasteiger partial charge >= 0.3 is 0 Å². The maximum Gasteiger partial charge on any atom is 0.271 e. The number of halogens is 2. The van der Waals surface area contributed by atoms with Crippen LogP contribution in [0.15, 0.2) is 70.5 Å². The van der Waals surface area contributed by atoms with E-state index in [9.17, 15) is 4.79 Å². The van der Waals surface area contributed by atoms with Crippen LogP contribution in [0.1, 0.15) is 28.4 Å². The summed E-state index contributed by atoms with van der Waals surface area (Å²) in [6.07, 6.45) is 4.63. The van der Waals surface area contributed by atoms with Gasteiger partial charge in [0.15, 0.2) is 11.5 Å². The maximum atomic E-state index is 12.1. The van der Waals surface area contributed by atoms with Crippen molar-refractivity contribution in [2.45, 2.75) is 13.5 Å². The molecule has 6 nitrogen and oxygen atoms in total. The lowest BCUT2D eigenvalue weighted by Gasteiger charge is -2.15. The van der Waals surface area contributed by atoms with Gasteiger partial charge in [0.1, 0.15) is 6.61 Å². The molecule has 1 heterocycles. The molecule has 1 N–H and O–H groups in total. The van der Waals surface area contributed by atoms with E-state index in [4.69, 9.17) is 21.1 Å². The normalized spacial score (nSPS) is 10.8. The summed E-state index contributed by atoms with van der Waals surface area (Å²) < 4.78 is 12.4. The van der Waals surface area contributed by atoms with E-state index in [2.05, 4.69) is 31.4 Å². The van der Waals surface area contributed by atoms with Crippen LogP contribution in [-0.4, -0.2) is 23.7 Å². The second kappa shape index (κ2) is 10.8. The standard InChI is InChI=1S/C22H19BrClN3O3/c1-2-29-20-12-15(13-26-27-22(28)16-7-9-25-10-8-16)11-18(23)21(20)30-14-17-5-3-4-6-19(17)24/h3-13H,2,14H2,1H3,(H,27,28)/b26-13+. The van der Waals surface area contributed by atoms with Crippen LogP contribution in [-0.2, 0) is 6.61 Å². The summed E-state index contributed by atoms with van der Waals surface area (Å²) in [7, 11) is 0. The van der Waals surface area contributed by atoms with Crippen LogP contribution in [0.25, 0.3) is 0 Å². The van der Waals surface area contributed by atoms with E-state index in [-0.39, 0.29) is 5.91 Å². The van der Waals surface area contributed by atoms with E-state index in [1.54, 1.807) is 30.6 Å². The number of amides is 1. The van der Waals surface area contributed by atoms with Crippen molar-refractivity contribution < 1.29 is 14.3 Å². The molecule has 30 heavy (non-hydrogen) atoms. The Bertz CT molecular complexity index is 1050. The topological polar surface area (TPSA) is 72.8 Å². The van der Waals surface area contributed by atoms with Gasteiger partial charge in [-0.05, 0) is 58.7 Å². The van der Waals surface area contributed by atoms with Crippen LogP contribution in [0, 0.1) is 0 Å². The van der Waals surface area contributed by atoms with E-state index in [0.29, 0.717) is 39.8 Å². The number of nitrogens with zero attached hydrogens (tertiary/aromatic N) is 2. The summed E-state index contributed by atoms with van der Waals surface area (Å²) >= 11 is 9.73. The van der Waals surface area contributed by atoms with Gasteiger partial charge < -0.3 is 9.47 Å². The van der Waals surface area contributed by atoms with Crippen LogP contribution in [0.5, 0.6) is 11.5 Å². The Balaban J connectivity index is 1.73. The fourth-order valence-corrected chi connectivity index (χ4v) is 3.33. The minimum atomic E-state index is -0.322. The molecule has 3 rings (SSSR count). The van der Waals surface area contributed by atoms with Gasteiger partial charge in [-0.2, -0.15) is 5.10 Å². The summed E-state index contributed by atoms with van der Waals surface area (Å²) in [5.41, 5.74) is 4.56. The minimum absolute atomic E-state index is 0.299. The zero-order valence-electron chi connectivity index (χ0n) is 16.1. The number of carbonyl (C=O) groups is 1. The number of hydrogen-bond donors (Lipinski definition) is 1. The van der Waals surface area contributed by atoms with Crippen LogP contribution in [0.4, 0.5) is 0 Å². The van der Waals surface area contributed by atoms with Crippen LogP contribution in [0.2, 0.25) is 5.02 Å². The molecule has 0 aliphatic carbocycles. The molecular weight excluding hydrogens is 470 g/mol. The molecule has 1 aromatic heterocycles. The molecule has 2 aromatic carbocycles. The molecule has 0 atom stereocenters. The highest BCUT2D eigenvalue weighted by Gasteiger charge is 2.13. The van der Waals surface area contributed by atoms with Gasteiger partial charge in [-0.3, -0.25) is 9.78 Å². The SMILES string of the molecule is CCOc1cc(/C=N/NC(=O)c2ccncc2)cc(Br)c1OCc1ccccc1Cl. The summed E-state index contributed by atoms with van der Waals surface area (Å²) in [5, 5.41) is 4.65. The second-order valence-corrected chi connectivity index (χ2v) is 7.34. The van der Waals surface area contributed by atoms with Crippen LogP contribution >= 0.6 is 27.5 Å². The second-order valence-electron chi connectivity index (χ2n) is 6.08. The molecule has 0 fully saturated rings. The van der Waals surface area contributed by atoms with E-state index < -0.39 is 0 Å². The van der Waals surface area contributed by atoms with Gasteiger partial charge in [-0.15, -0.1) is 0 Å². The first-order chi connectivity index (χ1) is 14.6. The van der Waals surface area contributed by atoms with Crippen molar-refractivity contribution in [3.8, 4) is 11.5 Å². The molecule has 0 spiro atoms. The Hall–Kier alpha value is -2.90. The van der Waals surface area contributed by atoms with Crippen molar-refractivity contribution in [1.82, 2.24) is 10.4 Å². The summed E-state index contributed by atoms with van der Waals surface area (Å²) in [6, 6.07) is 14.3. The van der Waals surface area contributed by atoms with E-state index in [0.717, 1.165) is 11.1 Å². The third kappa shape index (κ3) is 5.81. The van der Waals surface area contributed by atoms with Crippen molar-refractivity contribution in [1.29, 1.82) is 0 Å². The highest BCUT2D eigenvalue weighted by molar-refractivity contribution is 9.10. The number of pyridine rings is 1. The van der Waals surface area contributed by atoms with Gasteiger partial charge in [0, 0.05) is 28.5 Å². The number of carbonyl (C=O) groups excluding carboxylic acids is 1. The molecule has 1 amide bonds. The largest absolute Gasteiger partial charge is 0.490 e. The van der Waals surface area contributed by atoms with Crippen molar-refractivity contribution >= 4 is 39.7 Å². The maximum absolute atomic E-state index is 12.1. The number of aromatic nitrogens is 1. The van der Waals surface area contributed by atoms with Gasteiger partial charge in [0.25, 0.3) is 5.91 Å². The number of rotatable bonds is 8. The van der Waals surface area contributed by atoms with E-state index in [1.807, 2.05) is 37.3 Å². The lowest BCUT2D eigenvalue weighted by molar-refractivity contribution is 0.0955. The molecular formula is C22H19BrClN3O3. The van der Waals surface area contributed by atoms with Gasteiger partial charge in [0.2, 0.25) is 0 Å². The quantitative estimate of drug-likeness (QED) is 0.348. The third-order valence-corrected chi connectivity index (χ3v) is 4.94. The molecule has 8 heteroatoms. The molecule has 0 aliphatic rings. The smallest absolute Gasteiger partial charge is 0.271 e. The van der Waals surface area contributed by atoms with Crippen molar-refractivity contribution in [2.75, 3.05) is 6.61 Å². The number of hydrogen-bond acceptors (Lipinski definition) is 5. The Morgan fingerprint density at radius 2 is 1.97 bits per heavy atom. The Morgan fingerprint density at radius 3 is 2.70 bits per heavy atom. The number of nitrogens with one attached hydrogen (secondary N) is 1. The summed E-state index contributed by atoms with van der Waals surface area (Å²) in [5.74, 6) is 0.799. The predicted octanol–water partition coefficient (Wildman–Crippen LogP) is 5.24. The lowest BCUT2D eigenvalue weighted by Crippen LogP contribution is -2.17. The van der Waals surface area contributed by atoms with Crippen molar-refractivity contribution in [2.24, 2.45) is 5.10 Å². The molecule has 0 bridgehead atoms. The monoisotopic (exact) mass is 487 g/mol. The zero-order chi connectivity index (χ0) is 21.3. The lowest BCUT2D eigenvalue weighted by atomic mass is 10.2. The Morgan fingerprint density at radius 1 is 1.20 bits per heavy atom. The highest BCUT2D eigenvalue weighted by atomic mass is 79.9. The molecule has 0 saturated carbocycles. The fraction of sp³-hybridized carbons (Fsp3) is 0.136. The molecule has 0 radical (unpaired) electrons. The van der Waals surface area contributed by atoms with Crippen LogP contribution < -0.4 is 14.9 Å². The van der Waals surface area contributed by atoms with Crippen molar-refractivity contribution in [3.05, 3.63) is 87.1 Å². The van der Waals surface area contributed by atoms with Crippen molar-refractivity contribution in [3.63, 3.8) is 0 Å². The molecule has 0 aliphatic heterocycles. The first kappa shape index (κ1) is 21.8. The highest BCUT2D eigenvalue weighted by Crippen LogP contribution is 2.37. The first-order valence-electron chi connectivity index (χ1n) is 9.14. The third-order valence-electron chi connectivity index (χ3n) is 3.98.